The van der Waals surface area contributed by atoms with E-state index < -0.39 is 12.1 Å². The smallest absolute Gasteiger partial charge is 0.238 e. The van der Waals surface area contributed by atoms with Crippen LogP contribution in [0.5, 0.6) is 0 Å². The number of hydrogen-bond donors (Lipinski definition) is 1. The van der Waals surface area contributed by atoms with Crippen molar-refractivity contribution >= 4 is 5.91 Å². The van der Waals surface area contributed by atoms with Gasteiger partial charge in [-0.3, -0.25) is 9.69 Å². The zero-order valence-corrected chi connectivity index (χ0v) is 16.6. The highest BCUT2D eigenvalue weighted by atomic mass is 19.1. The number of ether oxygens (including phenoxy) is 1. The van der Waals surface area contributed by atoms with Crippen LogP contribution >= 0.6 is 0 Å². The van der Waals surface area contributed by atoms with Crippen molar-refractivity contribution < 1.29 is 19.0 Å². The topological polar surface area (TPSA) is 76.8 Å². The first-order valence-electron chi connectivity index (χ1n) is 10.1. The van der Waals surface area contributed by atoms with Gasteiger partial charge in [-0.1, -0.05) is 36.4 Å². The number of benzene rings is 2. The molecule has 4 rings (SSSR count). The Labute approximate surface area is 175 Å². The maximum atomic E-state index is 13.5. The van der Waals surface area contributed by atoms with Gasteiger partial charge < -0.3 is 14.7 Å². The van der Waals surface area contributed by atoms with E-state index in [0.29, 0.717) is 26.3 Å². The van der Waals surface area contributed by atoms with Gasteiger partial charge in [0.05, 0.1) is 38.5 Å². The Morgan fingerprint density at radius 2 is 1.90 bits per heavy atom. The summed E-state index contributed by atoms with van der Waals surface area (Å²) in [6.07, 6.45) is 0. The fourth-order valence-corrected chi connectivity index (χ4v) is 4.35. The van der Waals surface area contributed by atoms with Crippen LogP contribution in [0.4, 0.5) is 4.39 Å². The fourth-order valence-electron chi connectivity index (χ4n) is 4.35. The van der Waals surface area contributed by atoms with Crippen molar-refractivity contribution in [3.05, 3.63) is 59.9 Å². The van der Waals surface area contributed by atoms with Gasteiger partial charge in [-0.2, -0.15) is 5.26 Å². The molecule has 0 bridgehead atoms. The number of nitriles is 1. The highest BCUT2D eigenvalue weighted by molar-refractivity contribution is 5.81. The Morgan fingerprint density at radius 1 is 1.17 bits per heavy atom. The number of halogens is 1. The van der Waals surface area contributed by atoms with Gasteiger partial charge in [0.15, 0.2) is 0 Å². The molecule has 0 unspecified atom stereocenters. The monoisotopic (exact) mass is 409 g/mol. The number of likely N-dealkylation sites (tertiary alicyclic amines) is 1. The minimum atomic E-state index is -0.615. The first-order chi connectivity index (χ1) is 14.6. The van der Waals surface area contributed by atoms with Crippen molar-refractivity contribution in [1.29, 1.82) is 5.26 Å². The normalized spacial score (nSPS) is 24.2. The molecule has 0 radical (unpaired) electrons. The molecule has 2 heterocycles. The Morgan fingerprint density at radius 3 is 2.53 bits per heavy atom. The summed E-state index contributed by atoms with van der Waals surface area (Å²) in [5.41, 5.74) is 2.52. The summed E-state index contributed by atoms with van der Waals surface area (Å²) in [6, 6.07) is 15.1. The predicted molar refractivity (Wildman–Crippen MR) is 109 cm³/mol. The van der Waals surface area contributed by atoms with Crippen molar-refractivity contribution in [2.24, 2.45) is 0 Å². The van der Waals surface area contributed by atoms with E-state index in [0.717, 1.165) is 16.7 Å². The maximum absolute atomic E-state index is 13.5. The minimum Gasteiger partial charge on any atom is -0.394 e. The molecule has 0 saturated carbocycles. The summed E-state index contributed by atoms with van der Waals surface area (Å²) in [6.45, 7) is 2.58. The molecule has 2 aliphatic rings. The number of amides is 1. The third-order valence-corrected chi connectivity index (χ3v) is 5.94. The highest BCUT2D eigenvalue weighted by Crippen LogP contribution is 2.41. The number of morpholine rings is 1. The van der Waals surface area contributed by atoms with Crippen molar-refractivity contribution in [3.8, 4) is 17.2 Å². The van der Waals surface area contributed by atoms with Gasteiger partial charge in [-0.25, -0.2) is 4.39 Å². The summed E-state index contributed by atoms with van der Waals surface area (Å²) in [5, 5.41) is 19.7. The molecule has 3 atom stereocenters. The van der Waals surface area contributed by atoms with E-state index in [1.54, 1.807) is 6.07 Å². The third kappa shape index (κ3) is 3.94. The molecule has 156 valence electrons. The van der Waals surface area contributed by atoms with Gasteiger partial charge in [0, 0.05) is 19.0 Å². The zero-order valence-electron chi connectivity index (χ0n) is 16.6. The van der Waals surface area contributed by atoms with Crippen LogP contribution in [0.25, 0.3) is 11.1 Å². The van der Waals surface area contributed by atoms with Crippen molar-refractivity contribution in [3.63, 3.8) is 0 Å². The minimum absolute atomic E-state index is 0.143. The van der Waals surface area contributed by atoms with Crippen molar-refractivity contribution in [2.75, 3.05) is 39.5 Å². The second-order valence-electron chi connectivity index (χ2n) is 7.67. The van der Waals surface area contributed by atoms with E-state index in [1.165, 1.54) is 17.0 Å². The number of carbonyl (C=O) groups excluding carboxylic acids is 1. The van der Waals surface area contributed by atoms with E-state index >= 15 is 0 Å². The zero-order chi connectivity index (χ0) is 21.1. The Balaban J connectivity index is 1.50. The second-order valence-corrected chi connectivity index (χ2v) is 7.67. The lowest BCUT2D eigenvalue weighted by molar-refractivity contribution is -0.149. The molecule has 0 aliphatic carbocycles. The molecule has 1 amide bonds. The predicted octanol–water partition coefficient (Wildman–Crippen LogP) is 2.00. The van der Waals surface area contributed by atoms with Crippen LogP contribution in [-0.4, -0.2) is 72.4 Å². The standard InChI is InChI=1S/C23H24FN3O3/c24-19-3-1-2-18(12-19)16-4-6-17(7-5-16)23-20(13-25)27(21(23)15-28)22(29)14-26-8-10-30-11-9-26/h1-7,12,20-21,23,28H,8-11,14-15H2/t20-,21+,23-/m1/s1. The van der Waals surface area contributed by atoms with E-state index in [4.69, 9.17) is 4.74 Å². The van der Waals surface area contributed by atoms with Crippen LogP contribution in [-0.2, 0) is 9.53 Å². The van der Waals surface area contributed by atoms with Crippen LogP contribution in [0.3, 0.4) is 0 Å². The summed E-state index contributed by atoms with van der Waals surface area (Å²) >= 11 is 0. The Kier molecular flexibility index (Phi) is 6.09. The number of nitrogens with zero attached hydrogens (tertiary/aromatic N) is 3. The lowest BCUT2D eigenvalue weighted by atomic mass is 9.75. The number of hydrogen-bond acceptors (Lipinski definition) is 5. The molecular weight excluding hydrogens is 385 g/mol. The molecule has 2 fully saturated rings. The Hall–Kier alpha value is -2.79. The first kappa shape index (κ1) is 20.5. The lowest BCUT2D eigenvalue weighted by Crippen LogP contribution is -2.66. The average Bonchev–Trinajstić information content (AvgIpc) is 2.75. The van der Waals surface area contributed by atoms with Gasteiger partial charge >= 0.3 is 0 Å². The van der Waals surface area contributed by atoms with Gasteiger partial charge in [-0.05, 0) is 28.8 Å². The summed E-state index contributed by atoms with van der Waals surface area (Å²) in [4.78, 5) is 16.4. The molecule has 0 aromatic heterocycles. The largest absolute Gasteiger partial charge is 0.394 e. The summed E-state index contributed by atoms with van der Waals surface area (Å²) in [7, 11) is 0. The van der Waals surface area contributed by atoms with E-state index in [-0.39, 0.29) is 30.8 Å². The molecule has 2 aromatic rings. The molecule has 2 saturated heterocycles. The fraction of sp³-hybridized carbons (Fsp3) is 0.391. The molecule has 6 nitrogen and oxygen atoms in total. The lowest BCUT2D eigenvalue weighted by Gasteiger charge is -2.52. The van der Waals surface area contributed by atoms with Gasteiger partial charge in [0.1, 0.15) is 11.9 Å². The van der Waals surface area contributed by atoms with Crippen molar-refractivity contribution in [2.45, 2.75) is 18.0 Å². The number of aliphatic hydroxyl groups is 1. The Bertz CT molecular complexity index is 937. The van der Waals surface area contributed by atoms with E-state index in [1.807, 2.05) is 35.2 Å². The van der Waals surface area contributed by atoms with E-state index in [2.05, 4.69) is 6.07 Å². The number of aliphatic hydroxyl groups excluding tert-OH is 1. The average molecular weight is 409 g/mol. The number of carbonyl (C=O) groups is 1. The SMILES string of the molecule is N#C[C@@H]1[C@@H](c2ccc(-c3cccc(F)c3)cc2)[C@H](CO)N1C(=O)CN1CCOCC1. The third-order valence-electron chi connectivity index (χ3n) is 5.94. The van der Waals surface area contributed by atoms with Crippen LogP contribution in [0.2, 0.25) is 0 Å². The molecular formula is C23H24FN3O3. The number of rotatable bonds is 5. The highest BCUT2D eigenvalue weighted by Gasteiger charge is 2.51. The van der Waals surface area contributed by atoms with Gasteiger partial charge in [0.2, 0.25) is 5.91 Å². The molecule has 30 heavy (non-hydrogen) atoms. The summed E-state index contributed by atoms with van der Waals surface area (Å²) in [5.74, 6) is -0.694. The van der Waals surface area contributed by atoms with Crippen LogP contribution in [0.1, 0.15) is 11.5 Å². The summed E-state index contributed by atoms with van der Waals surface area (Å²) < 4.78 is 18.8. The van der Waals surface area contributed by atoms with Crippen LogP contribution < -0.4 is 0 Å². The first-order valence-corrected chi connectivity index (χ1v) is 10.1. The molecule has 7 heteroatoms. The second kappa shape index (κ2) is 8.92. The molecule has 2 aromatic carbocycles. The quantitative estimate of drug-likeness (QED) is 0.818. The van der Waals surface area contributed by atoms with E-state index in [9.17, 15) is 19.6 Å². The maximum Gasteiger partial charge on any atom is 0.238 e. The van der Waals surface area contributed by atoms with Crippen molar-refractivity contribution in [1.82, 2.24) is 9.80 Å². The molecule has 1 N–H and O–H groups in total. The molecule has 0 spiro atoms. The van der Waals surface area contributed by atoms with Crippen LogP contribution in [0.15, 0.2) is 48.5 Å². The van der Waals surface area contributed by atoms with Crippen LogP contribution in [0, 0.1) is 17.1 Å². The molecule has 2 aliphatic heterocycles. The van der Waals surface area contributed by atoms with Gasteiger partial charge in [0.25, 0.3) is 0 Å². The van der Waals surface area contributed by atoms with Gasteiger partial charge in [-0.15, -0.1) is 0 Å².